The molecular formula is C21H15N5O3S. The number of nitrogens with zero attached hydrogens (tertiary/aromatic N) is 4. The average molecular weight is 417 g/mol. The molecule has 0 saturated heterocycles. The molecule has 8 nitrogen and oxygen atoms in total. The fraction of sp³-hybridized carbons (Fsp3) is 0.190. The number of carbonyl (C=O) groups excluding carboxylic acids is 2. The van der Waals surface area contributed by atoms with E-state index in [4.69, 9.17) is 0 Å². The number of ketones is 1. The Labute approximate surface area is 174 Å². The monoisotopic (exact) mass is 417 g/mol. The van der Waals surface area contributed by atoms with Crippen LogP contribution < -0.4 is 4.90 Å². The predicted molar refractivity (Wildman–Crippen MR) is 112 cm³/mol. The van der Waals surface area contributed by atoms with Crippen molar-refractivity contribution >= 4 is 51.2 Å². The summed E-state index contributed by atoms with van der Waals surface area (Å²) in [6.45, 7) is 0. The zero-order valence-electron chi connectivity index (χ0n) is 15.6. The second-order valence-corrected chi connectivity index (χ2v) is 8.02. The summed E-state index contributed by atoms with van der Waals surface area (Å²) in [5.41, 5.74) is 4.37. The van der Waals surface area contributed by atoms with Gasteiger partial charge in [0.2, 0.25) is 0 Å². The molecule has 2 aromatic carbocycles. The maximum Gasteiger partial charge on any atom is 0.294 e. The number of fused-ring (bicyclic) bond motifs is 6. The van der Waals surface area contributed by atoms with Gasteiger partial charge in [-0.25, -0.2) is 4.98 Å². The van der Waals surface area contributed by atoms with Crippen LogP contribution in [-0.2, 0) is 4.79 Å². The van der Waals surface area contributed by atoms with Gasteiger partial charge in [0.05, 0.1) is 46.3 Å². The molecule has 7 rings (SSSR count). The summed E-state index contributed by atoms with van der Waals surface area (Å²) in [5.74, 6) is -1.48. The number of amides is 1. The lowest BCUT2D eigenvalue weighted by molar-refractivity contribution is -0.117. The predicted octanol–water partition coefficient (Wildman–Crippen LogP) is 3.83. The minimum absolute atomic E-state index is 0.0950. The molecule has 0 bridgehead atoms. The molecule has 9 heteroatoms. The number of rotatable bonds is 1. The molecule has 1 saturated carbocycles. The summed E-state index contributed by atoms with van der Waals surface area (Å²) in [7, 11) is 0. The van der Waals surface area contributed by atoms with Gasteiger partial charge in [-0.1, -0.05) is 25.3 Å². The maximum atomic E-state index is 13.0. The Balaban J connectivity index is 0.000000539. The molecule has 2 aromatic heterocycles. The first-order valence-electron chi connectivity index (χ1n) is 9.65. The number of hydrogen-bond acceptors (Lipinski definition) is 7. The Morgan fingerprint density at radius 3 is 2.70 bits per heavy atom. The lowest BCUT2D eigenvalue weighted by Gasteiger charge is -2.24. The largest absolute Gasteiger partial charge is 0.503 e. The first kappa shape index (κ1) is 17.3. The van der Waals surface area contributed by atoms with Gasteiger partial charge in [0.15, 0.2) is 11.5 Å². The van der Waals surface area contributed by atoms with Crippen molar-refractivity contribution in [3.05, 3.63) is 59.1 Å². The van der Waals surface area contributed by atoms with Gasteiger partial charge in [-0.05, 0) is 29.8 Å². The quantitative estimate of drug-likeness (QED) is 0.487. The number of nitrogens with one attached hydrogen (secondary N) is 1. The van der Waals surface area contributed by atoms with Gasteiger partial charge in [-0.2, -0.15) is 8.75 Å². The van der Waals surface area contributed by atoms with Crippen LogP contribution in [0.5, 0.6) is 0 Å². The highest BCUT2D eigenvalue weighted by Crippen LogP contribution is 2.49. The van der Waals surface area contributed by atoms with E-state index >= 15 is 0 Å². The molecule has 2 aliphatic carbocycles. The molecule has 1 amide bonds. The van der Waals surface area contributed by atoms with Crippen LogP contribution in [-0.4, -0.2) is 35.5 Å². The molecular weight excluding hydrogens is 402 g/mol. The fourth-order valence-corrected chi connectivity index (χ4v) is 4.48. The molecule has 148 valence electrons. The van der Waals surface area contributed by atoms with Crippen molar-refractivity contribution in [1.29, 1.82) is 0 Å². The van der Waals surface area contributed by atoms with Gasteiger partial charge in [-0.3, -0.25) is 14.5 Å². The van der Waals surface area contributed by atoms with E-state index in [0.29, 0.717) is 33.4 Å². The van der Waals surface area contributed by atoms with Crippen LogP contribution in [0.4, 0.5) is 5.69 Å². The van der Waals surface area contributed by atoms with E-state index in [0.717, 1.165) is 17.2 Å². The van der Waals surface area contributed by atoms with Gasteiger partial charge >= 0.3 is 0 Å². The van der Waals surface area contributed by atoms with E-state index in [9.17, 15) is 14.7 Å². The second kappa shape index (κ2) is 6.20. The topological polar surface area (TPSA) is 112 Å². The molecule has 30 heavy (non-hydrogen) atoms. The Bertz CT molecular complexity index is 1400. The number of Topliss-reactive ketones (excluding diaryl/α,β-unsaturated/α-hetero) is 1. The van der Waals surface area contributed by atoms with E-state index in [1.807, 2.05) is 6.07 Å². The third-order valence-electron chi connectivity index (χ3n) is 5.47. The van der Waals surface area contributed by atoms with Crippen LogP contribution in [0.1, 0.15) is 41.2 Å². The number of aliphatic hydroxyl groups excluding tert-OH is 1. The molecule has 1 fully saturated rings. The number of aromatic nitrogens is 4. The summed E-state index contributed by atoms with van der Waals surface area (Å²) in [5, 5.41) is 10.5. The van der Waals surface area contributed by atoms with E-state index in [1.165, 1.54) is 24.2 Å². The summed E-state index contributed by atoms with van der Waals surface area (Å²) >= 11 is 1.03. The first-order chi connectivity index (χ1) is 14.6. The highest BCUT2D eigenvalue weighted by atomic mass is 32.1. The molecule has 3 aliphatic rings. The Morgan fingerprint density at radius 2 is 1.90 bits per heavy atom. The zero-order valence-corrected chi connectivity index (χ0v) is 16.4. The third-order valence-corrected chi connectivity index (χ3v) is 6.01. The number of imidazole rings is 1. The van der Waals surface area contributed by atoms with Crippen molar-refractivity contribution < 1.29 is 14.7 Å². The maximum absolute atomic E-state index is 13.0. The SMILES string of the molecule is C1CC1.O=C1C2=C(O)C(=O)N(c3ccc4[nH]cnc4c3)C2c2ccc3nsnc3c21. The second-order valence-electron chi connectivity index (χ2n) is 7.50. The number of aliphatic hydroxyl groups is 1. The molecule has 1 aliphatic heterocycles. The minimum atomic E-state index is -0.678. The minimum Gasteiger partial charge on any atom is -0.503 e. The molecule has 4 aromatic rings. The number of hydrogen-bond donors (Lipinski definition) is 2. The highest BCUT2D eigenvalue weighted by molar-refractivity contribution is 7.00. The van der Waals surface area contributed by atoms with Crippen LogP contribution in [0.3, 0.4) is 0 Å². The lowest BCUT2D eigenvalue weighted by Crippen LogP contribution is -2.29. The number of benzene rings is 2. The molecule has 1 unspecified atom stereocenters. The van der Waals surface area contributed by atoms with Crippen molar-refractivity contribution in [2.24, 2.45) is 0 Å². The number of H-pyrrole nitrogens is 1. The van der Waals surface area contributed by atoms with E-state index in [-0.39, 0.29) is 11.4 Å². The van der Waals surface area contributed by atoms with Crippen molar-refractivity contribution in [3.8, 4) is 0 Å². The zero-order chi connectivity index (χ0) is 20.4. The highest BCUT2D eigenvalue weighted by Gasteiger charge is 2.51. The molecule has 0 spiro atoms. The van der Waals surface area contributed by atoms with E-state index in [2.05, 4.69) is 18.7 Å². The van der Waals surface area contributed by atoms with E-state index < -0.39 is 17.7 Å². The van der Waals surface area contributed by atoms with Crippen LogP contribution in [0, 0.1) is 0 Å². The normalized spacial score (nSPS) is 19.3. The Hall–Kier alpha value is -3.59. The van der Waals surface area contributed by atoms with Gasteiger partial charge in [0, 0.05) is 5.69 Å². The Morgan fingerprint density at radius 1 is 1.07 bits per heavy atom. The number of anilines is 1. The smallest absolute Gasteiger partial charge is 0.294 e. The molecule has 3 heterocycles. The Kier molecular flexibility index (Phi) is 3.57. The molecule has 0 radical (unpaired) electrons. The number of aromatic amines is 1. The van der Waals surface area contributed by atoms with Gasteiger partial charge < -0.3 is 10.1 Å². The lowest BCUT2D eigenvalue weighted by atomic mass is 10.0. The van der Waals surface area contributed by atoms with Crippen LogP contribution in [0.2, 0.25) is 0 Å². The summed E-state index contributed by atoms with van der Waals surface area (Å²) in [4.78, 5) is 34.5. The van der Waals surface area contributed by atoms with Crippen molar-refractivity contribution in [1.82, 2.24) is 18.7 Å². The van der Waals surface area contributed by atoms with Crippen molar-refractivity contribution in [2.75, 3.05) is 4.90 Å². The van der Waals surface area contributed by atoms with Crippen molar-refractivity contribution in [3.63, 3.8) is 0 Å². The third kappa shape index (κ3) is 2.35. The van der Waals surface area contributed by atoms with Gasteiger partial charge in [-0.15, -0.1) is 0 Å². The summed E-state index contributed by atoms with van der Waals surface area (Å²) in [6.07, 6.45) is 6.07. The first-order valence-corrected chi connectivity index (χ1v) is 10.4. The van der Waals surface area contributed by atoms with Gasteiger partial charge in [0.25, 0.3) is 5.91 Å². The summed E-state index contributed by atoms with van der Waals surface area (Å²) < 4.78 is 8.40. The fourth-order valence-electron chi connectivity index (χ4n) is 3.94. The van der Waals surface area contributed by atoms with E-state index in [1.54, 1.807) is 30.6 Å². The van der Waals surface area contributed by atoms with Crippen LogP contribution >= 0.6 is 11.7 Å². The van der Waals surface area contributed by atoms with Gasteiger partial charge in [0.1, 0.15) is 11.0 Å². The molecule has 1 atom stereocenters. The van der Waals surface area contributed by atoms with Crippen LogP contribution in [0.25, 0.3) is 22.1 Å². The average Bonchev–Trinajstić information content (AvgIpc) is 3.24. The molecule has 2 N–H and O–H groups in total. The van der Waals surface area contributed by atoms with Crippen molar-refractivity contribution in [2.45, 2.75) is 25.3 Å². The van der Waals surface area contributed by atoms with Crippen LogP contribution in [0.15, 0.2) is 48.0 Å². The standard InChI is InChI=1S/C18H9N5O3S.C3H6/c24-16-12-8(2-4-10-14(12)22-27-21-10)15-13(16)17(25)18(26)23(15)7-1-3-9-11(5-7)20-6-19-9;1-2-3-1/h1-6,15,25H,(H,19,20);1-3H2. The summed E-state index contributed by atoms with van der Waals surface area (Å²) in [6, 6.07) is 8.21. The number of carbonyl (C=O) groups is 2.